The topological polar surface area (TPSA) is 52.6 Å². The number of hydrogen-bond acceptors (Lipinski definition) is 4. The van der Waals surface area contributed by atoms with Crippen LogP contribution in [0.15, 0.2) is 34.6 Å². The maximum atomic E-state index is 12.8. The molecule has 1 aromatic carbocycles. The van der Waals surface area contributed by atoms with Crippen molar-refractivity contribution in [2.45, 2.75) is 26.2 Å². The standard InChI is InChI=1S/C17H22F3N5S.HI/c1-4-21-15(23-10-14-11-26-16(24-14)25(2)3)22-9-12-6-5-7-13(8-12)17(18,19)20;/h5-8,11H,4,9-10H2,1-3H3,(H2,21,22,23);1H. The van der Waals surface area contributed by atoms with Gasteiger partial charge in [0.2, 0.25) is 0 Å². The molecule has 0 saturated heterocycles. The van der Waals surface area contributed by atoms with Crippen molar-refractivity contribution in [1.29, 1.82) is 0 Å². The number of aromatic nitrogens is 1. The lowest BCUT2D eigenvalue weighted by Gasteiger charge is -2.11. The molecule has 0 radical (unpaired) electrons. The van der Waals surface area contributed by atoms with Gasteiger partial charge in [-0.1, -0.05) is 12.1 Å². The minimum atomic E-state index is -4.35. The van der Waals surface area contributed by atoms with E-state index in [4.69, 9.17) is 0 Å². The first-order chi connectivity index (χ1) is 12.3. The van der Waals surface area contributed by atoms with Crippen molar-refractivity contribution in [3.63, 3.8) is 0 Å². The van der Waals surface area contributed by atoms with Crippen LogP contribution < -0.4 is 15.5 Å². The number of nitrogens with one attached hydrogen (secondary N) is 2. The van der Waals surface area contributed by atoms with Crippen LogP contribution in [0.25, 0.3) is 0 Å². The Labute approximate surface area is 178 Å². The highest BCUT2D eigenvalue weighted by atomic mass is 127. The number of anilines is 1. The van der Waals surface area contributed by atoms with Crippen molar-refractivity contribution in [3.8, 4) is 0 Å². The molecule has 27 heavy (non-hydrogen) atoms. The molecule has 0 aliphatic carbocycles. The number of thiazole rings is 1. The summed E-state index contributed by atoms with van der Waals surface area (Å²) in [6.07, 6.45) is -4.35. The summed E-state index contributed by atoms with van der Waals surface area (Å²) in [7, 11) is 3.85. The van der Waals surface area contributed by atoms with Gasteiger partial charge in [0.15, 0.2) is 11.1 Å². The zero-order valence-corrected chi connectivity index (χ0v) is 18.4. The van der Waals surface area contributed by atoms with Crippen LogP contribution in [-0.2, 0) is 19.3 Å². The van der Waals surface area contributed by atoms with Crippen LogP contribution in [0.4, 0.5) is 18.3 Å². The van der Waals surface area contributed by atoms with Gasteiger partial charge in [-0.2, -0.15) is 13.2 Å². The van der Waals surface area contributed by atoms with Crippen molar-refractivity contribution in [2.24, 2.45) is 4.99 Å². The number of benzene rings is 1. The summed E-state index contributed by atoms with van der Waals surface area (Å²) < 4.78 is 38.4. The molecule has 1 aromatic heterocycles. The van der Waals surface area contributed by atoms with E-state index in [-0.39, 0.29) is 30.5 Å². The number of rotatable bonds is 6. The molecule has 0 atom stereocenters. The zero-order chi connectivity index (χ0) is 19.2. The molecular formula is C17H23F3IN5S. The molecule has 10 heteroatoms. The van der Waals surface area contributed by atoms with Gasteiger partial charge >= 0.3 is 6.18 Å². The number of halogens is 4. The van der Waals surface area contributed by atoms with Crippen molar-refractivity contribution in [3.05, 3.63) is 46.5 Å². The largest absolute Gasteiger partial charge is 0.416 e. The highest BCUT2D eigenvalue weighted by molar-refractivity contribution is 14.0. The smallest absolute Gasteiger partial charge is 0.357 e. The molecule has 0 aliphatic heterocycles. The lowest BCUT2D eigenvalue weighted by Crippen LogP contribution is -2.36. The predicted molar refractivity (Wildman–Crippen MR) is 115 cm³/mol. The Bertz CT molecular complexity index is 746. The van der Waals surface area contributed by atoms with E-state index in [2.05, 4.69) is 20.6 Å². The van der Waals surface area contributed by atoms with Crippen LogP contribution in [-0.4, -0.2) is 31.6 Å². The van der Waals surface area contributed by atoms with Crippen LogP contribution in [0, 0.1) is 0 Å². The van der Waals surface area contributed by atoms with Gasteiger partial charge in [0.1, 0.15) is 0 Å². The molecule has 0 saturated carbocycles. The highest BCUT2D eigenvalue weighted by Crippen LogP contribution is 2.29. The molecule has 1 heterocycles. The summed E-state index contributed by atoms with van der Waals surface area (Å²) in [4.78, 5) is 10.8. The second-order valence-electron chi connectivity index (χ2n) is 5.76. The molecule has 0 fully saturated rings. The normalized spacial score (nSPS) is 11.7. The lowest BCUT2D eigenvalue weighted by atomic mass is 10.1. The second kappa shape index (κ2) is 10.7. The molecule has 0 bridgehead atoms. The van der Waals surface area contributed by atoms with Crippen LogP contribution in [0.1, 0.15) is 23.7 Å². The van der Waals surface area contributed by atoms with E-state index in [0.717, 1.165) is 23.0 Å². The molecule has 2 N–H and O–H groups in total. The first kappa shape index (κ1) is 23.5. The summed E-state index contributed by atoms with van der Waals surface area (Å²) in [5.41, 5.74) is 0.714. The Morgan fingerprint density at radius 2 is 2.00 bits per heavy atom. The van der Waals surface area contributed by atoms with E-state index in [1.807, 2.05) is 31.3 Å². The molecule has 2 rings (SSSR count). The first-order valence-electron chi connectivity index (χ1n) is 8.09. The summed E-state index contributed by atoms with van der Waals surface area (Å²) in [6.45, 7) is 3.21. The minimum Gasteiger partial charge on any atom is -0.357 e. The minimum absolute atomic E-state index is 0. The molecule has 0 aliphatic rings. The first-order valence-corrected chi connectivity index (χ1v) is 8.97. The Morgan fingerprint density at radius 3 is 2.59 bits per heavy atom. The van der Waals surface area contributed by atoms with Gasteiger partial charge in [0, 0.05) is 26.0 Å². The van der Waals surface area contributed by atoms with Crippen molar-refractivity contribution >= 4 is 46.4 Å². The number of guanidine groups is 1. The van der Waals surface area contributed by atoms with Gasteiger partial charge < -0.3 is 15.5 Å². The maximum Gasteiger partial charge on any atom is 0.416 e. The van der Waals surface area contributed by atoms with Crippen LogP contribution >= 0.6 is 35.3 Å². The second-order valence-corrected chi connectivity index (χ2v) is 6.60. The summed E-state index contributed by atoms with van der Waals surface area (Å²) >= 11 is 1.54. The van der Waals surface area contributed by atoms with Crippen molar-refractivity contribution in [2.75, 3.05) is 25.5 Å². The number of nitrogens with zero attached hydrogens (tertiary/aromatic N) is 3. The van der Waals surface area contributed by atoms with Crippen LogP contribution in [0.5, 0.6) is 0 Å². The van der Waals surface area contributed by atoms with Gasteiger partial charge in [-0.05, 0) is 24.6 Å². The third-order valence-electron chi connectivity index (χ3n) is 3.38. The fourth-order valence-electron chi connectivity index (χ4n) is 2.12. The molecule has 5 nitrogen and oxygen atoms in total. The Kier molecular flexibility index (Phi) is 9.30. The molecular weight excluding hydrogens is 490 g/mol. The molecule has 0 unspecified atom stereocenters. The SMILES string of the molecule is CCNC(=NCc1cccc(C(F)(F)F)c1)NCc1csc(N(C)C)n1.I. The number of aliphatic imine (C=N–C) groups is 1. The monoisotopic (exact) mass is 513 g/mol. The third-order valence-corrected chi connectivity index (χ3v) is 4.43. The van der Waals surface area contributed by atoms with Crippen molar-refractivity contribution in [1.82, 2.24) is 15.6 Å². The van der Waals surface area contributed by atoms with Crippen LogP contribution in [0.2, 0.25) is 0 Å². The van der Waals surface area contributed by atoms with Gasteiger partial charge in [0.05, 0.1) is 24.3 Å². The molecule has 0 amide bonds. The fraction of sp³-hybridized carbons (Fsp3) is 0.412. The highest BCUT2D eigenvalue weighted by Gasteiger charge is 2.30. The fourth-order valence-corrected chi connectivity index (χ4v) is 2.87. The van der Waals surface area contributed by atoms with Crippen molar-refractivity contribution < 1.29 is 13.2 Å². The number of hydrogen-bond donors (Lipinski definition) is 2. The Hall–Kier alpha value is -1.56. The summed E-state index contributed by atoms with van der Waals surface area (Å²) in [5.74, 6) is 0.532. The molecule has 2 aromatic rings. The van der Waals surface area contributed by atoms with E-state index in [9.17, 15) is 13.2 Å². The van der Waals surface area contributed by atoms with Crippen LogP contribution in [0.3, 0.4) is 0 Å². The van der Waals surface area contributed by atoms with E-state index >= 15 is 0 Å². The van der Waals surface area contributed by atoms with Gasteiger partial charge in [0.25, 0.3) is 0 Å². The van der Waals surface area contributed by atoms with Gasteiger partial charge in [-0.3, -0.25) is 0 Å². The average molecular weight is 513 g/mol. The average Bonchev–Trinajstić information content (AvgIpc) is 3.06. The van der Waals surface area contributed by atoms with E-state index in [0.29, 0.717) is 24.6 Å². The zero-order valence-electron chi connectivity index (χ0n) is 15.3. The van der Waals surface area contributed by atoms with E-state index < -0.39 is 11.7 Å². The Balaban J connectivity index is 0.00000364. The lowest BCUT2D eigenvalue weighted by molar-refractivity contribution is -0.137. The third kappa shape index (κ3) is 7.53. The predicted octanol–water partition coefficient (Wildman–Crippen LogP) is 4.10. The van der Waals surface area contributed by atoms with Gasteiger partial charge in [-0.15, -0.1) is 35.3 Å². The quantitative estimate of drug-likeness (QED) is 0.347. The Morgan fingerprint density at radius 1 is 1.26 bits per heavy atom. The van der Waals surface area contributed by atoms with Gasteiger partial charge in [-0.25, -0.2) is 9.98 Å². The maximum absolute atomic E-state index is 12.8. The summed E-state index contributed by atoms with van der Waals surface area (Å²) in [5, 5.41) is 9.09. The molecule has 150 valence electrons. The summed E-state index contributed by atoms with van der Waals surface area (Å²) in [6, 6.07) is 5.20. The van der Waals surface area contributed by atoms with E-state index in [1.165, 1.54) is 6.07 Å². The number of alkyl halides is 3. The van der Waals surface area contributed by atoms with E-state index in [1.54, 1.807) is 17.4 Å². The molecule has 0 spiro atoms.